The summed E-state index contributed by atoms with van der Waals surface area (Å²) in [4.78, 5) is 6.58. The standard InChI is InChI=1S/C4H2FN2/c5-4-1-2-6-3-7-4/h2-3H. The largest absolute Gasteiger partial charge is 0.244 e. The van der Waals surface area contributed by atoms with Crippen molar-refractivity contribution in [1.82, 2.24) is 9.97 Å². The van der Waals surface area contributed by atoms with E-state index in [-0.39, 0.29) is 0 Å². The number of nitrogens with zero attached hydrogens (tertiary/aromatic N) is 2. The fraction of sp³-hybridized carbons (Fsp3) is 0. The molecule has 0 amide bonds. The topological polar surface area (TPSA) is 25.8 Å². The van der Waals surface area contributed by atoms with Crippen molar-refractivity contribution in [2.45, 2.75) is 0 Å². The molecule has 0 spiro atoms. The van der Waals surface area contributed by atoms with Gasteiger partial charge in [0.1, 0.15) is 6.33 Å². The maximum atomic E-state index is 11.7. The van der Waals surface area contributed by atoms with Gasteiger partial charge in [-0.2, -0.15) is 4.39 Å². The van der Waals surface area contributed by atoms with Gasteiger partial charge in [-0.05, 0) is 0 Å². The highest BCUT2D eigenvalue weighted by Gasteiger charge is 1.80. The van der Waals surface area contributed by atoms with Gasteiger partial charge in [-0.25, -0.2) is 9.97 Å². The molecule has 1 aromatic rings. The molecule has 1 aromatic heterocycles. The van der Waals surface area contributed by atoms with Crippen LogP contribution in [-0.4, -0.2) is 9.97 Å². The van der Waals surface area contributed by atoms with Crippen LogP contribution in [0.5, 0.6) is 0 Å². The van der Waals surface area contributed by atoms with Crippen molar-refractivity contribution < 1.29 is 4.39 Å². The fourth-order valence-corrected chi connectivity index (χ4v) is 0.245. The van der Waals surface area contributed by atoms with Gasteiger partial charge < -0.3 is 0 Å². The minimum atomic E-state index is -0.616. The molecule has 1 radical (unpaired) electrons. The van der Waals surface area contributed by atoms with Crippen LogP contribution in [0.4, 0.5) is 4.39 Å². The molecule has 0 N–H and O–H groups in total. The Kier molecular flexibility index (Phi) is 0.978. The molecule has 0 atom stereocenters. The molecule has 35 valence electrons. The highest BCUT2D eigenvalue weighted by Crippen LogP contribution is 1.80. The Hall–Kier alpha value is -0.990. The monoisotopic (exact) mass is 97.0 g/mol. The van der Waals surface area contributed by atoms with Crippen LogP contribution in [0, 0.1) is 12.0 Å². The smallest absolute Gasteiger partial charge is 0.224 e. The first-order valence-corrected chi connectivity index (χ1v) is 1.73. The lowest BCUT2D eigenvalue weighted by atomic mass is 10.7. The Bertz CT molecular complexity index is 140. The Labute approximate surface area is 40.0 Å². The summed E-state index contributed by atoms with van der Waals surface area (Å²) in [6, 6.07) is 2.14. The average molecular weight is 97.1 g/mol. The molecule has 7 heavy (non-hydrogen) atoms. The number of hydrogen-bond acceptors (Lipinski definition) is 2. The predicted molar refractivity (Wildman–Crippen MR) is 20.8 cm³/mol. The van der Waals surface area contributed by atoms with E-state index in [2.05, 4.69) is 16.0 Å². The van der Waals surface area contributed by atoms with E-state index in [0.717, 1.165) is 6.33 Å². The molecule has 0 saturated carbocycles. The second-order valence-electron chi connectivity index (χ2n) is 0.958. The molecule has 0 aliphatic carbocycles. The SMILES string of the molecule is Fc1[c]cncn1. The van der Waals surface area contributed by atoms with Gasteiger partial charge in [0.05, 0.1) is 6.07 Å². The summed E-state index contributed by atoms with van der Waals surface area (Å²) < 4.78 is 11.7. The molecule has 0 aromatic carbocycles. The predicted octanol–water partition coefficient (Wildman–Crippen LogP) is 0.416. The molecule has 1 heterocycles. The zero-order valence-electron chi connectivity index (χ0n) is 3.43. The van der Waals surface area contributed by atoms with Crippen molar-refractivity contribution in [1.29, 1.82) is 0 Å². The van der Waals surface area contributed by atoms with Crippen molar-refractivity contribution in [2.24, 2.45) is 0 Å². The van der Waals surface area contributed by atoms with E-state index in [4.69, 9.17) is 0 Å². The van der Waals surface area contributed by atoms with Crippen LogP contribution in [0.3, 0.4) is 0 Å². The highest BCUT2D eigenvalue weighted by molar-refractivity contribution is 4.75. The Morgan fingerprint density at radius 2 is 2.57 bits per heavy atom. The molecule has 1 rings (SSSR count). The third kappa shape index (κ3) is 0.924. The Balaban J connectivity index is 3.02. The van der Waals surface area contributed by atoms with Crippen LogP contribution in [0.1, 0.15) is 0 Å². The van der Waals surface area contributed by atoms with Crippen LogP contribution < -0.4 is 0 Å². The zero-order chi connectivity index (χ0) is 5.11. The van der Waals surface area contributed by atoms with Crippen molar-refractivity contribution in [3.63, 3.8) is 0 Å². The fourth-order valence-electron chi connectivity index (χ4n) is 0.245. The quantitative estimate of drug-likeness (QED) is 0.438. The summed E-state index contributed by atoms with van der Waals surface area (Å²) in [5.41, 5.74) is 0. The summed E-state index contributed by atoms with van der Waals surface area (Å²) in [5.74, 6) is -0.616. The van der Waals surface area contributed by atoms with Crippen LogP contribution in [0.25, 0.3) is 0 Å². The van der Waals surface area contributed by atoms with E-state index >= 15 is 0 Å². The van der Waals surface area contributed by atoms with Gasteiger partial charge in [0.25, 0.3) is 0 Å². The van der Waals surface area contributed by atoms with Gasteiger partial charge in [0.2, 0.25) is 5.95 Å². The van der Waals surface area contributed by atoms with E-state index in [1.54, 1.807) is 0 Å². The summed E-state index contributed by atoms with van der Waals surface area (Å²) in [7, 11) is 0. The first-order valence-electron chi connectivity index (χ1n) is 1.73. The maximum Gasteiger partial charge on any atom is 0.224 e. The molecule has 2 nitrogen and oxygen atoms in total. The highest BCUT2D eigenvalue weighted by atomic mass is 19.1. The number of halogens is 1. The second-order valence-corrected chi connectivity index (χ2v) is 0.958. The molecule has 0 aliphatic rings. The van der Waals surface area contributed by atoms with Crippen molar-refractivity contribution in [2.75, 3.05) is 0 Å². The molecule has 0 aliphatic heterocycles. The third-order valence-electron chi connectivity index (χ3n) is 0.496. The number of rotatable bonds is 0. The van der Waals surface area contributed by atoms with E-state index in [1.165, 1.54) is 6.20 Å². The minimum Gasteiger partial charge on any atom is -0.244 e. The molecule has 0 saturated heterocycles. The summed E-state index contributed by atoms with van der Waals surface area (Å²) in [6.45, 7) is 0. The van der Waals surface area contributed by atoms with Gasteiger partial charge >= 0.3 is 0 Å². The Morgan fingerprint density at radius 3 is 2.86 bits per heavy atom. The molecular weight excluding hydrogens is 95.1 g/mol. The lowest BCUT2D eigenvalue weighted by molar-refractivity contribution is 0.577. The van der Waals surface area contributed by atoms with E-state index in [0.29, 0.717) is 0 Å². The van der Waals surface area contributed by atoms with Crippen molar-refractivity contribution in [3.05, 3.63) is 24.5 Å². The lowest BCUT2D eigenvalue weighted by Gasteiger charge is -1.76. The van der Waals surface area contributed by atoms with Gasteiger partial charge in [-0.3, -0.25) is 0 Å². The minimum absolute atomic E-state index is 0.616. The van der Waals surface area contributed by atoms with Crippen molar-refractivity contribution in [3.8, 4) is 0 Å². The van der Waals surface area contributed by atoms with Crippen LogP contribution in [-0.2, 0) is 0 Å². The molecule has 3 heteroatoms. The van der Waals surface area contributed by atoms with Gasteiger partial charge in [0.15, 0.2) is 0 Å². The van der Waals surface area contributed by atoms with Crippen LogP contribution in [0.2, 0.25) is 0 Å². The van der Waals surface area contributed by atoms with E-state index in [9.17, 15) is 4.39 Å². The van der Waals surface area contributed by atoms with Crippen molar-refractivity contribution >= 4 is 0 Å². The van der Waals surface area contributed by atoms with Crippen LogP contribution >= 0.6 is 0 Å². The first-order chi connectivity index (χ1) is 3.39. The number of hydrogen-bond donors (Lipinski definition) is 0. The summed E-state index contributed by atoms with van der Waals surface area (Å²) in [6.07, 6.45) is 2.36. The average Bonchev–Trinajstić information content (AvgIpc) is 1.69. The second kappa shape index (κ2) is 1.64. The van der Waals surface area contributed by atoms with E-state index < -0.39 is 5.95 Å². The van der Waals surface area contributed by atoms with Gasteiger partial charge in [0, 0.05) is 6.20 Å². The first kappa shape index (κ1) is 4.18. The Morgan fingerprint density at radius 1 is 1.71 bits per heavy atom. The van der Waals surface area contributed by atoms with E-state index in [1.807, 2.05) is 0 Å². The lowest BCUT2D eigenvalue weighted by Crippen LogP contribution is -1.79. The maximum absolute atomic E-state index is 11.7. The third-order valence-corrected chi connectivity index (χ3v) is 0.496. The molecular formula is C4H2FN2. The molecule has 0 unspecified atom stereocenters. The van der Waals surface area contributed by atoms with Gasteiger partial charge in [-0.1, -0.05) is 0 Å². The summed E-state index contributed by atoms with van der Waals surface area (Å²) in [5, 5.41) is 0. The summed E-state index contributed by atoms with van der Waals surface area (Å²) >= 11 is 0. The molecule has 0 fully saturated rings. The number of aromatic nitrogens is 2. The normalized spacial score (nSPS) is 8.71. The molecule has 0 bridgehead atoms. The van der Waals surface area contributed by atoms with Gasteiger partial charge in [-0.15, -0.1) is 0 Å². The van der Waals surface area contributed by atoms with Crippen LogP contribution in [0.15, 0.2) is 12.5 Å². The zero-order valence-corrected chi connectivity index (χ0v) is 3.43.